The zero-order valence-corrected chi connectivity index (χ0v) is 18.5. The molecular formula is C24H29N5O3. The van der Waals surface area contributed by atoms with E-state index in [1.165, 1.54) is 18.5 Å². The van der Waals surface area contributed by atoms with Gasteiger partial charge in [0.15, 0.2) is 0 Å². The van der Waals surface area contributed by atoms with Crippen molar-refractivity contribution in [1.82, 2.24) is 20.7 Å². The van der Waals surface area contributed by atoms with Crippen LogP contribution < -0.4 is 15.6 Å². The van der Waals surface area contributed by atoms with Crippen LogP contribution in [0.1, 0.15) is 30.9 Å². The summed E-state index contributed by atoms with van der Waals surface area (Å²) < 4.78 is 0. The average Bonchev–Trinajstić information content (AvgIpc) is 3.38. The number of carbonyl (C=O) groups is 3. The Morgan fingerprint density at radius 3 is 2.44 bits per heavy atom. The molecular weight excluding hydrogens is 406 g/mol. The number of hydrazine groups is 1. The lowest BCUT2D eigenvalue weighted by Gasteiger charge is -2.25. The first-order valence-electron chi connectivity index (χ1n) is 10.9. The Balaban J connectivity index is 1.38. The normalized spacial score (nSPS) is 20.7. The highest BCUT2D eigenvalue weighted by Crippen LogP contribution is 2.28. The summed E-state index contributed by atoms with van der Waals surface area (Å²) in [4.78, 5) is 42.3. The van der Waals surface area contributed by atoms with Crippen LogP contribution in [-0.2, 0) is 21.7 Å². The second kappa shape index (κ2) is 9.00. The first-order valence-corrected chi connectivity index (χ1v) is 10.9. The molecule has 0 spiro atoms. The summed E-state index contributed by atoms with van der Waals surface area (Å²) in [5.41, 5.74) is 4.26. The quantitative estimate of drug-likeness (QED) is 0.652. The molecule has 4 amide bonds. The molecule has 2 N–H and O–H groups in total. The molecule has 168 valence electrons. The second-order valence-corrected chi connectivity index (χ2v) is 8.59. The molecule has 2 saturated heterocycles. The number of nitrogens with one attached hydrogen (secondary N) is 2. The van der Waals surface area contributed by atoms with Gasteiger partial charge in [0.05, 0.1) is 6.54 Å². The number of carbonyl (C=O) groups excluding carboxylic acids is 3. The van der Waals surface area contributed by atoms with Crippen LogP contribution in [0.25, 0.3) is 0 Å². The highest BCUT2D eigenvalue weighted by atomic mass is 16.2. The molecule has 0 aliphatic carbocycles. The zero-order valence-electron chi connectivity index (χ0n) is 18.5. The van der Waals surface area contributed by atoms with E-state index in [1.54, 1.807) is 31.2 Å². The van der Waals surface area contributed by atoms with Crippen molar-refractivity contribution in [2.45, 2.75) is 31.8 Å². The van der Waals surface area contributed by atoms with E-state index >= 15 is 0 Å². The minimum absolute atomic E-state index is 0.0491. The van der Waals surface area contributed by atoms with Crippen molar-refractivity contribution in [3.05, 3.63) is 65.7 Å². The van der Waals surface area contributed by atoms with Gasteiger partial charge < -0.3 is 10.2 Å². The van der Waals surface area contributed by atoms with Crippen molar-refractivity contribution in [3.8, 4) is 0 Å². The molecule has 1 unspecified atom stereocenters. The maximum absolute atomic E-state index is 13.0. The molecule has 4 rings (SSSR count). The largest absolute Gasteiger partial charge is 0.371 e. The van der Waals surface area contributed by atoms with Gasteiger partial charge in [0.1, 0.15) is 5.54 Å². The summed E-state index contributed by atoms with van der Waals surface area (Å²) in [5, 5.41) is 3.47. The van der Waals surface area contributed by atoms with Gasteiger partial charge >= 0.3 is 6.03 Å². The number of imide groups is 1. The summed E-state index contributed by atoms with van der Waals surface area (Å²) in [5.74, 6) is -0.934. The van der Waals surface area contributed by atoms with Crippen molar-refractivity contribution in [2.75, 3.05) is 31.6 Å². The fourth-order valence-corrected chi connectivity index (χ4v) is 4.37. The topological polar surface area (TPSA) is 85.0 Å². The van der Waals surface area contributed by atoms with Crippen LogP contribution in [0.4, 0.5) is 10.5 Å². The van der Waals surface area contributed by atoms with Crippen molar-refractivity contribution in [1.29, 1.82) is 0 Å². The number of rotatable bonds is 7. The van der Waals surface area contributed by atoms with Gasteiger partial charge in [-0.15, -0.1) is 0 Å². The van der Waals surface area contributed by atoms with Gasteiger partial charge in [-0.3, -0.25) is 19.9 Å². The van der Waals surface area contributed by atoms with Gasteiger partial charge in [0, 0.05) is 25.3 Å². The van der Waals surface area contributed by atoms with Crippen LogP contribution in [0.2, 0.25) is 0 Å². The third-order valence-electron chi connectivity index (χ3n) is 6.07. The highest BCUT2D eigenvalue weighted by molar-refractivity contribution is 6.08. The fourth-order valence-electron chi connectivity index (χ4n) is 4.37. The van der Waals surface area contributed by atoms with E-state index in [4.69, 9.17) is 0 Å². The smallest absolute Gasteiger partial charge is 0.344 e. The number of anilines is 1. The molecule has 2 aliphatic heterocycles. The van der Waals surface area contributed by atoms with Crippen molar-refractivity contribution < 1.29 is 14.4 Å². The molecule has 0 bridgehead atoms. The molecule has 0 aromatic heterocycles. The van der Waals surface area contributed by atoms with Crippen molar-refractivity contribution in [3.63, 3.8) is 0 Å². The molecule has 0 saturated carbocycles. The van der Waals surface area contributed by atoms with Crippen LogP contribution in [0.5, 0.6) is 0 Å². The standard InChI is InChI=1S/C24H29N5O3/c1-24(19-11-4-3-5-12-19)22(31)29(23(32)25-24)26-21(30)17-27(2)16-18-10-6-7-13-20(18)28-14-8-9-15-28/h3-7,10-13H,8-9,14-17H2,1-2H3,(H,25,32)(H,26,30). The van der Waals surface area contributed by atoms with E-state index in [0.29, 0.717) is 12.1 Å². The van der Waals surface area contributed by atoms with Crippen LogP contribution >= 0.6 is 0 Å². The summed E-state index contributed by atoms with van der Waals surface area (Å²) in [6, 6.07) is 16.6. The summed E-state index contributed by atoms with van der Waals surface area (Å²) >= 11 is 0. The first kappa shape index (κ1) is 21.8. The van der Waals surface area contributed by atoms with Crippen LogP contribution in [0.15, 0.2) is 54.6 Å². The molecule has 2 fully saturated rings. The number of benzene rings is 2. The van der Waals surface area contributed by atoms with E-state index in [9.17, 15) is 14.4 Å². The maximum Gasteiger partial charge on any atom is 0.344 e. The fraction of sp³-hybridized carbons (Fsp3) is 0.375. The number of hydrogen-bond acceptors (Lipinski definition) is 5. The van der Waals surface area contributed by atoms with Gasteiger partial charge in [-0.2, -0.15) is 5.01 Å². The number of urea groups is 1. The predicted octanol–water partition coefficient (Wildman–Crippen LogP) is 2.22. The van der Waals surface area contributed by atoms with Gasteiger partial charge in [-0.25, -0.2) is 4.79 Å². The van der Waals surface area contributed by atoms with E-state index in [0.717, 1.165) is 23.7 Å². The molecule has 2 aromatic rings. The molecule has 8 heteroatoms. The lowest BCUT2D eigenvalue weighted by molar-refractivity contribution is -0.139. The third-order valence-corrected chi connectivity index (χ3v) is 6.07. The van der Waals surface area contributed by atoms with Crippen LogP contribution in [0.3, 0.4) is 0 Å². The second-order valence-electron chi connectivity index (χ2n) is 8.59. The van der Waals surface area contributed by atoms with Gasteiger partial charge in [-0.1, -0.05) is 48.5 Å². The Morgan fingerprint density at radius 2 is 1.72 bits per heavy atom. The highest BCUT2D eigenvalue weighted by Gasteiger charge is 2.49. The lowest BCUT2D eigenvalue weighted by atomic mass is 9.92. The minimum atomic E-state index is -1.22. The monoisotopic (exact) mass is 435 g/mol. The van der Waals surface area contributed by atoms with Gasteiger partial charge in [0.2, 0.25) is 0 Å². The van der Waals surface area contributed by atoms with Gasteiger partial charge in [-0.05, 0) is 44.0 Å². The minimum Gasteiger partial charge on any atom is -0.371 e. The Hall–Kier alpha value is -3.39. The average molecular weight is 436 g/mol. The molecule has 32 heavy (non-hydrogen) atoms. The van der Waals surface area contributed by atoms with Crippen LogP contribution in [0, 0.1) is 0 Å². The van der Waals surface area contributed by atoms with Crippen molar-refractivity contribution in [2.24, 2.45) is 0 Å². The molecule has 8 nitrogen and oxygen atoms in total. The summed E-state index contributed by atoms with van der Waals surface area (Å²) in [6.45, 7) is 4.37. The maximum atomic E-state index is 13.0. The SMILES string of the molecule is CN(CC(=O)NN1C(=O)NC(C)(c2ccccc2)C1=O)Cc1ccccc1N1CCCC1. The van der Waals surface area contributed by atoms with E-state index in [2.05, 4.69) is 27.8 Å². The molecule has 2 aromatic carbocycles. The van der Waals surface area contributed by atoms with E-state index in [1.807, 2.05) is 30.1 Å². The number of likely N-dealkylation sites (N-methyl/N-ethyl adjacent to an activating group) is 1. The number of nitrogens with zero attached hydrogens (tertiary/aromatic N) is 3. The first-order chi connectivity index (χ1) is 15.4. The van der Waals surface area contributed by atoms with Crippen LogP contribution in [-0.4, -0.2) is 54.4 Å². The number of hydrogen-bond donors (Lipinski definition) is 2. The molecule has 2 aliphatic rings. The Bertz CT molecular complexity index is 1010. The number of amides is 4. The number of para-hydroxylation sites is 1. The summed E-state index contributed by atoms with van der Waals surface area (Å²) in [6.07, 6.45) is 2.39. The molecule has 1 atom stereocenters. The Labute approximate surface area is 188 Å². The van der Waals surface area contributed by atoms with E-state index in [-0.39, 0.29) is 6.54 Å². The Kier molecular flexibility index (Phi) is 6.14. The molecule has 2 heterocycles. The summed E-state index contributed by atoms with van der Waals surface area (Å²) in [7, 11) is 1.85. The van der Waals surface area contributed by atoms with Crippen molar-refractivity contribution >= 4 is 23.5 Å². The Morgan fingerprint density at radius 1 is 1.06 bits per heavy atom. The van der Waals surface area contributed by atoms with E-state index < -0.39 is 23.4 Å². The molecule has 0 radical (unpaired) electrons. The lowest BCUT2D eigenvalue weighted by Crippen LogP contribution is -2.50. The van der Waals surface area contributed by atoms with Gasteiger partial charge in [0.25, 0.3) is 11.8 Å². The predicted molar refractivity (Wildman–Crippen MR) is 122 cm³/mol. The zero-order chi connectivity index (χ0) is 22.7. The third kappa shape index (κ3) is 4.31.